The molecule has 0 unspecified atom stereocenters. The van der Waals surface area contributed by atoms with Gasteiger partial charge in [-0.2, -0.15) is 0 Å². The quantitative estimate of drug-likeness (QED) is 0.508. The minimum absolute atomic E-state index is 0.0516. The summed E-state index contributed by atoms with van der Waals surface area (Å²) in [6.45, 7) is 15.3. The molecule has 3 atom stereocenters. The lowest BCUT2D eigenvalue weighted by molar-refractivity contribution is -0.210. The molecule has 0 N–H and O–H groups in total. The Kier molecular flexibility index (Phi) is 6.04. The van der Waals surface area contributed by atoms with Gasteiger partial charge >= 0.3 is 5.97 Å². The van der Waals surface area contributed by atoms with Crippen molar-refractivity contribution in [2.75, 3.05) is 32.8 Å². The molecule has 1 saturated heterocycles. The molecule has 1 aliphatic heterocycles. The second kappa shape index (κ2) is 7.63. The molecule has 2 bridgehead atoms. The summed E-state index contributed by atoms with van der Waals surface area (Å²) in [4.78, 5) is 15.3. The Hall–Kier alpha value is -1.13. The average molecular weight is 321 g/mol. The number of fused-ring (bicyclic) bond motifs is 2. The zero-order valence-corrected chi connectivity index (χ0v) is 14.7. The average Bonchev–Trinajstić information content (AvgIpc) is 2.52. The van der Waals surface area contributed by atoms with Crippen molar-refractivity contribution in [3.63, 3.8) is 0 Å². The van der Waals surface area contributed by atoms with Crippen LogP contribution in [0.4, 0.5) is 0 Å². The summed E-state index contributed by atoms with van der Waals surface area (Å²) in [6, 6.07) is 0. The normalized spacial score (nSPS) is 33.9. The van der Waals surface area contributed by atoms with E-state index in [9.17, 15) is 4.79 Å². The molecule has 0 radical (unpaired) electrons. The molecule has 0 aromatic carbocycles. The maximum atomic E-state index is 12.9. The number of likely N-dealkylation sites (tertiary alicyclic amines) is 1. The van der Waals surface area contributed by atoms with Crippen molar-refractivity contribution in [3.05, 3.63) is 25.3 Å². The first-order chi connectivity index (χ1) is 11.1. The van der Waals surface area contributed by atoms with Gasteiger partial charge in [-0.25, -0.2) is 0 Å². The van der Waals surface area contributed by atoms with Crippen LogP contribution in [0.5, 0.6) is 0 Å². The molecule has 0 aromatic rings. The lowest BCUT2D eigenvalue weighted by Crippen LogP contribution is -2.68. The van der Waals surface area contributed by atoms with Crippen molar-refractivity contribution in [3.8, 4) is 0 Å². The second-order valence-corrected chi connectivity index (χ2v) is 6.89. The predicted molar refractivity (Wildman–Crippen MR) is 92.2 cm³/mol. The van der Waals surface area contributed by atoms with Gasteiger partial charge in [0.05, 0.1) is 19.3 Å². The van der Waals surface area contributed by atoms with Gasteiger partial charge in [0, 0.05) is 18.5 Å². The number of piperidine rings is 1. The lowest BCUT2D eigenvalue weighted by atomic mass is 9.55. The molecule has 1 heterocycles. The fourth-order valence-corrected chi connectivity index (χ4v) is 4.66. The van der Waals surface area contributed by atoms with Gasteiger partial charge in [-0.3, -0.25) is 4.79 Å². The number of allylic oxidation sites excluding steroid dienone is 1. The van der Waals surface area contributed by atoms with Crippen LogP contribution >= 0.6 is 0 Å². The fraction of sp³-hybridized carbons (Fsp3) is 0.737. The lowest BCUT2D eigenvalue weighted by Gasteiger charge is -2.59. The Balaban J connectivity index is 2.45. The molecule has 0 aromatic heterocycles. The van der Waals surface area contributed by atoms with E-state index < -0.39 is 5.41 Å². The van der Waals surface area contributed by atoms with Gasteiger partial charge in [0.2, 0.25) is 0 Å². The van der Waals surface area contributed by atoms with E-state index in [1.54, 1.807) is 6.08 Å². The molecule has 1 saturated carbocycles. The molecule has 0 spiro atoms. The van der Waals surface area contributed by atoms with Crippen LogP contribution in [-0.2, 0) is 14.3 Å². The van der Waals surface area contributed by atoms with Crippen molar-refractivity contribution >= 4 is 5.97 Å². The Morgan fingerprint density at radius 1 is 1.26 bits per heavy atom. The molecule has 4 nitrogen and oxygen atoms in total. The third-order valence-corrected chi connectivity index (χ3v) is 5.46. The highest BCUT2D eigenvalue weighted by Gasteiger charge is 2.62. The third-order valence-electron chi connectivity index (χ3n) is 5.46. The Labute approximate surface area is 140 Å². The molecule has 23 heavy (non-hydrogen) atoms. The van der Waals surface area contributed by atoms with Gasteiger partial charge in [0.1, 0.15) is 5.41 Å². The van der Waals surface area contributed by atoms with Crippen LogP contribution in [0.15, 0.2) is 25.3 Å². The molecule has 2 rings (SSSR count). The van der Waals surface area contributed by atoms with Crippen molar-refractivity contribution < 1.29 is 14.3 Å². The Morgan fingerprint density at radius 2 is 2.04 bits per heavy atom. The van der Waals surface area contributed by atoms with E-state index in [-0.39, 0.29) is 17.5 Å². The van der Waals surface area contributed by atoms with Crippen molar-refractivity contribution in [2.24, 2.45) is 10.8 Å². The summed E-state index contributed by atoms with van der Waals surface area (Å²) in [6.07, 6.45) is 7.43. The van der Waals surface area contributed by atoms with E-state index in [4.69, 9.17) is 9.47 Å². The van der Waals surface area contributed by atoms with E-state index in [0.29, 0.717) is 13.2 Å². The zero-order chi connectivity index (χ0) is 16.9. The van der Waals surface area contributed by atoms with Gasteiger partial charge < -0.3 is 14.4 Å². The minimum atomic E-state index is -0.561. The number of nitrogens with zero attached hydrogens (tertiary/aromatic N) is 1. The molecule has 2 fully saturated rings. The highest BCUT2D eigenvalue weighted by atomic mass is 16.5. The van der Waals surface area contributed by atoms with E-state index in [2.05, 4.69) is 25.0 Å². The maximum Gasteiger partial charge on any atom is 0.316 e. The largest absolute Gasteiger partial charge is 0.465 e. The van der Waals surface area contributed by atoms with Crippen molar-refractivity contribution in [1.82, 2.24) is 4.90 Å². The van der Waals surface area contributed by atoms with Crippen LogP contribution in [0.2, 0.25) is 0 Å². The first kappa shape index (κ1) is 18.2. The van der Waals surface area contributed by atoms with Crippen LogP contribution in [0, 0.1) is 10.8 Å². The number of hydrogen-bond acceptors (Lipinski definition) is 4. The summed E-state index contributed by atoms with van der Waals surface area (Å²) in [5.41, 5.74) is -0.613. The smallest absolute Gasteiger partial charge is 0.316 e. The van der Waals surface area contributed by atoms with E-state index in [1.165, 1.54) is 0 Å². The topological polar surface area (TPSA) is 38.8 Å². The van der Waals surface area contributed by atoms with Gasteiger partial charge in [-0.05, 0) is 32.7 Å². The molecule has 2 aliphatic rings. The summed E-state index contributed by atoms with van der Waals surface area (Å²) in [7, 11) is 0. The first-order valence-corrected chi connectivity index (χ1v) is 8.81. The van der Waals surface area contributed by atoms with Gasteiger partial charge in [-0.15, -0.1) is 13.2 Å². The summed E-state index contributed by atoms with van der Waals surface area (Å²) in [5.74, 6) is -0.0969. The van der Waals surface area contributed by atoms with Crippen molar-refractivity contribution in [2.45, 2.75) is 45.6 Å². The van der Waals surface area contributed by atoms with Gasteiger partial charge in [-0.1, -0.05) is 25.5 Å². The fourth-order valence-electron chi connectivity index (χ4n) is 4.66. The van der Waals surface area contributed by atoms with Crippen LogP contribution < -0.4 is 0 Å². The molecule has 1 aliphatic carbocycles. The van der Waals surface area contributed by atoms with Gasteiger partial charge in [0.15, 0.2) is 0 Å². The number of hydrogen-bond donors (Lipinski definition) is 0. The maximum absolute atomic E-state index is 12.9. The summed E-state index contributed by atoms with van der Waals surface area (Å²) in [5, 5.41) is 0. The Morgan fingerprint density at radius 3 is 2.65 bits per heavy atom. The van der Waals surface area contributed by atoms with Gasteiger partial charge in [0.25, 0.3) is 0 Å². The number of carbonyl (C=O) groups excluding carboxylic acids is 1. The number of esters is 1. The number of ether oxygens (including phenoxy) is 2. The van der Waals surface area contributed by atoms with Crippen LogP contribution in [0.1, 0.15) is 39.5 Å². The van der Waals surface area contributed by atoms with Crippen molar-refractivity contribution in [1.29, 1.82) is 0 Å². The molecule has 130 valence electrons. The summed E-state index contributed by atoms with van der Waals surface area (Å²) >= 11 is 0. The van der Waals surface area contributed by atoms with E-state index in [1.807, 2.05) is 13.0 Å². The molecular weight excluding hydrogens is 290 g/mol. The highest BCUT2D eigenvalue weighted by Crippen LogP contribution is 2.55. The number of carbonyl (C=O) groups is 1. The predicted octanol–water partition coefficient (Wildman–Crippen LogP) is 3.19. The highest BCUT2D eigenvalue weighted by molar-refractivity contribution is 5.78. The van der Waals surface area contributed by atoms with E-state index in [0.717, 1.165) is 45.3 Å². The van der Waals surface area contributed by atoms with Crippen LogP contribution in [-0.4, -0.2) is 49.8 Å². The zero-order valence-electron chi connectivity index (χ0n) is 14.7. The number of rotatable bonds is 8. The SMILES string of the molecule is C=CCO[C@H]1[C@@]2(CC=C)CCC[C@]1(C(=O)OCC)CN(CC)C2. The van der Waals surface area contributed by atoms with Crippen LogP contribution in [0.25, 0.3) is 0 Å². The summed E-state index contributed by atoms with van der Waals surface area (Å²) < 4.78 is 11.7. The first-order valence-electron chi connectivity index (χ1n) is 8.81. The third kappa shape index (κ3) is 3.24. The van der Waals surface area contributed by atoms with E-state index >= 15 is 0 Å². The molecule has 4 heteroatoms. The Bertz CT molecular complexity index is 450. The van der Waals surface area contributed by atoms with Crippen LogP contribution in [0.3, 0.4) is 0 Å². The molecule has 0 amide bonds. The standard InChI is InChI=1S/C19H31NO3/c1-5-10-18-11-9-12-19(17(21)22-8-4,15-20(7-3)14-18)16(18)23-13-6-2/h5-6,16H,1-2,7-15H2,3-4H3/t16-,18-,19-/m0/s1. The molecular formula is C19H31NO3. The second-order valence-electron chi connectivity index (χ2n) is 6.89. The minimum Gasteiger partial charge on any atom is -0.465 e. The monoisotopic (exact) mass is 321 g/mol.